The number of nitrogens with zero attached hydrogens (tertiary/aromatic N) is 1. The van der Waals surface area contributed by atoms with Crippen molar-refractivity contribution in [2.75, 3.05) is 6.61 Å². The number of hydrogen-bond donors (Lipinski definition) is 0. The fourth-order valence-corrected chi connectivity index (χ4v) is 3.43. The van der Waals surface area contributed by atoms with E-state index in [1.54, 1.807) is 0 Å². The molecule has 0 N–H and O–H groups in total. The lowest BCUT2D eigenvalue weighted by Crippen LogP contribution is -2.27. The standard InChI is InChI=1S/C19H29NO4/c1-6-14-17(18(22)23-7-2)13-10-8-9-11-15(13)20(14)12-16(21)24-19(3,4)5/h6-12H2,1-5H3. The van der Waals surface area contributed by atoms with E-state index in [1.165, 1.54) is 0 Å². The van der Waals surface area contributed by atoms with Gasteiger partial charge in [-0.05, 0) is 65.4 Å². The van der Waals surface area contributed by atoms with Gasteiger partial charge in [0.15, 0.2) is 0 Å². The molecular formula is C19H29NO4. The molecule has 0 aromatic carbocycles. The molecule has 0 spiro atoms. The molecule has 1 aromatic heterocycles. The van der Waals surface area contributed by atoms with E-state index in [4.69, 9.17) is 9.47 Å². The lowest BCUT2D eigenvalue weighted by molar-refractivity contribution is -0.155. The summed E-state index contributed by atoms with van der Waals surface area (Å²) in [6.45, 7) is 9.92. The Labute approximate surface area is 144 Å². The Bertz CT molecular complexity index is 622. The number of carbonyl (C=O) groups excluding carboxylic acids is 2. The number of aromatic nitrogens is 1. The number of esters is 2. The van der Waals surface area contributed by atoms with E-state index in [0.29, 0.717) is 18.6 Å². The smallest absolute Gasteiger partial charge is 0.340 e. The van der Waals surface area contributed by atoms with Crippen LogP contribution in [0.15, 0.2) is 0 Å². The minimum absolute atomic E-state index is 0.155. The van der Waals surface area contributed by atoms with Crippen LogP contribution in [0.3, 0.4) is 0 Å². The predicted molar refractivity (Wildman–Crippen MR) is 92.3 cm³/mol. The zero-order chi connectivity index (χ0) is 17.9. The molecule has 0 amide bonds. The quantitative estimate of drug-likeness (QED) is 0.773. The van der Waals surface area contributed by atoms with Gasteiger partial charge in [-0.2, -0.15) is 0 Å². The zero-order valence-corrected chi connectivity index (χ0v) is 15.5. The van der Waals surface area contributed by atoms with Gasteiger partial charge >= 0.3 is 11.9 Å². The second-order valence-corrected chi connectivity index (χ2v) is 7.20. The highest BCUT2D eigenvalue weighted by Crippen LogP contribution is 2.31. The average Bonchev–Trinajstić information content (AvgIpc) is 2.79. The molecule has 1 heterocycles. The van der Waals surface area contributed by atoms with Crippen molar-refractivity contribution >= 4 is 11.9 Å². The third-order valence-corrected chi connectivity index (χ3v) is 4.20. The van der Waals surface area contributed by atoms with Gasteiger partial charge in [-0.3, -0.25) is 4.79 Å². The normalized spacial score (nSPS) is 14.2. The molecule has 0 bridgehead atoms. The summed E-state index contributed by atoms with van der Waals surface area (Å²) >= 11 is 0. The lowest BCUT2D eigenvalue weighted by atomic mass is 9.94. The molecular weight excluding hydrogens is 306 g/mol. The SMILES string of the molecule is CCOC(=O)c1c2c(n(CC(=O)OC(C)(C)C)c1CC)CCCC2. The molecule has 0 saturated heterocycles. The Hall–Kier alpha value is -1.78. The van der Waals surface area contributed by atoms with E-state index in [-0.39, 0.29) is 18.5 Å². The van der Waals surface area contributed by atoms with Crippen molar-refractivity contribution < 1.29 is 19.1 Å². The first-order valence-corrected chi connectivity index (χ1v) is 8.90. The molecule has 24 heavy (non-hydrogen) atoms. The van der Waals surface area contributed by atoms with Crippen LogP contribution in [0.1, 0.15) is 74.8 Å². The van der Waals surface area contributed by atoms with Gasteiger partial charge in [0.1, 0.15) is 12.1 Å². The number of hydrogen-bond acceptors (Lipinski definition) is 4. The predicted octanol–water partition coefficient (Wildman–Crippen LogP) is 3.45. The number of carbonyl (C=O) groups is 2. The van der Waals surface area contributed by atoms with Gasteiger partial charge in [0.2, 0.25) is 0 Å². The number of fused-ring (bicyclic) bond motifs is 1. The van der Waals surface area contributed by atoms with Crippen LogP contribution >= 0.6 is 0 Å². The van der Waals surface area contributed by atoms with Crippen LogP contribution in [0.4, 0.5) is 0 Å². The summed E-state index contributed by atoms with van der Waals surface area (Å²) in [5.41, 5.74) is 3.23. The summed E-state index contributed by atoms with van der Waals surface area (Å²) in [4.78, 5) is 24.8. The van der Waals surface area contributed by atoms with Crippen LogP contribution in [0.25, 0.3) is 0 Å². The van der Waals surface area contributed by atoms with Gasteiger partial charge < -0.3 is 14.0 Å². The van der Waals surface area contributed by atoms with Crippen molar-refractivity contribution in [2.24, 2.45) is 0 Å². The van der Waals surface area contributed by atoms with Gasteiger partial charge in [-0.15, -0.1) is 0 Å². The largest absolute Gasteiger partial charge is 0.462 e. The molecule has 5 nitrogen and oxygen atoms in total. The fraction of sp³-hybridized carbons (Fsp3) is 0.684. The van der Waals surface area contributed by atoms with E-state index >= 15 is 0 Å². The highest BCUT2D eigenvalue weighted by atomic mass is 16.6. The summed E-state index contributed by atoms with van der Waals surface area (Å²) in [6.07, 6.45) is 4.60. The molecule has 0 aliphatic heterocycles. The molecule has 5 heteroatoms. The summed E-state index contributed by atoms with van der Waals surface area (Å²) in [5.74, 6) is -0.536. The Morgan fingerprint density at radius 1 is 1.12 bits per heavy atom. The Balaban J connectivity index is 2.43. The first-order chi connectivity index (χ1) is 11.3. The Kier molecular flexibility index (Phi) is 5.73. The summed E-state index contributed by atoms with van der Waals surface area (Å²) in [6, 6.07) is 0. The summed E-state index contributed by atoms with van der Waals surface area (Å²) in [7, 11) is 0. The fourth-order valence-electron chi connectivity index (χ4n) is 3.43. The topological polar surface area (TPSA) is 57.5 Å². The zero-order valence-electron chi connectivity index (χ0n) is 15.5. The van der Waals surface area contributed by atoms with Gasteiger partial charge in [0, 0.05) is 11.4 Å². The second-order valence-electron chi connectivity index (χ2n) is 7.20. The van der Waals surface area contributed by atoms with Gasteiger partial charge in [0.25, 0.3) is 0 Å². The van der Waals surface area contributed by atoms with Crippen LogP contribution in [-0.4, -0.2) is 28.7 Å². The maximum Gasteiger partial charge on any atom is 0.340 e. The molecule has 0 saturated carbocycles. The monoisotopic (exact) mass is 335 g/mol. The molecule has 0 fully saturated rings. The van der Waals surface area contributed by atoms with Gasteiger partial charge in [-0.25, -0.2) is 4.79 Å². The van der Waals surface area contributed by atoms with Crippen molar-refractivity contribution in [1.82, 2.24) is 4.57 Å². The molecule has 0 unspecified atom stereocenters. The number of rotatable bonds is 5. The van der Waals surface area contributed by atoms with E-state index in [1.807, 2.05) is 39.2 Å². The van der Waals surface area contributed by atoms with E-state index in [2.05, 4.69) is 0 Å². The van der Waals surface area contributed by atoms with Crippen molar-refractivity contribution in [1.29, 1.82) is 0 Å². The highest BCUT2D eigenvalue weighted by molar-refractivity contribution is 5.93. The molecule has 0 radical (unpaired) electrons. The van der Waals surface area contributed by atoms with Crippen LogP contribution in [-0.2, 0) is 40.1 Å². The molecule has 1 aliphatic rings. The Morgan fingerprint density at radius 3 is 2.38 bits per heavy atom. The molecule has 1 aromatic rings. The molecule has 1 aliphatic carbocycles. The second kappa shape index (κ2) is 7.41. The van der Waals surface area contributed by atoms with Crippen LogP contribution in [0.5, 0.6) is 0 Å². The van der Waals surface area contributed by atoms with Crippen LogP contribution in [0.2, 0.25) is 0 Å². The van der Waals surface area contributed by atoms with Gasteiger partial charge in [-0.1, -0.05) is 6.92 Å². The van der Waals surface area contributed by atoms with Crippen molar-refractivity contribution in [3.05, 3.63) is 22.5 Å². The third kappa shape index (κ3) is 4.00. The maximum absolute atomic E-state index is 12.5. The van der Waals surface area contributed by atoms with Crippen molar-refractivity contribution in [3.63, 3.8) is 0 Å². The number of ether oxygens (including phenoxy) is 2. The highest BCUT2D eigenvalue weighted by Gasteiger charge is 2.30. The van der Waals surface area contributed by atoms with Gasteiger partial charge in [0.05, 0.1) is 12.2 Å². The first kappa shape index (κ1) is 18.6. The minimum Gasteiger partial charge on any atom is -0.462 e. The first-order valence-electron chi connectivity index (χ1n) is 8.90. The van der Waals surface area contributed by atoms with Crippen molar-refractivity contribution in [3.8, 4) is 0 Å². The van der Waals surface area contributed by atoms with Crippen LogP contribution in [0, 0.1) is 0 Å². The minimum atomic E-state index is -0.513. The summed E-state index contributed by atoms with van der Waals surface area (Å²) in [5, 5.41) is 0. The maximum atomic E-state index is 12.5. The van der Waals surface area contributed by atoms with E-state index in [0.717, 1.165) is 42.6 Å². The summed E-state index contributed by atoms with van der Waals surface area (Å²) < 4.78 is 12.7. The van der Waals surface area contributed by atoms with Crippen LogP contribution < -0.4 is 0 Å². The van der Waals surface area contributed by atoms with Crippen molar-refractivity contribution in [2.45, 2.75) is 78.9 Å². The molecule has 134 valence electrons. The third-order valence-electron chi connectivity index (χ3n) is 4.20. The van der Waals surface area contributed by atoms with E-state index < -0.39 is 5.60 Å². The molecule has 2 rings (SSSR count). The Morgan fingerprint density at radius 2 is 1.79 bits per heavy atom. The lowest BCUT2D eigenvalue weighted by Gasteiger charge is -2.21. The average molecular weight is 335 g/mol. The van der Waals surface area contributed by atoms with E-state index in [9.17, 15) is 9.59 Å². The molecule has 0 atom stereocenters.